The SMILES string of the molecule is CN(Cc1cccc(F)n1)C(=O)OC(C)(C)C. The molecule has 0 atom stereocenters. The second kappa shape index (κ2) is 5.12. The first-order valence-corrected chi connectivity index (χ1v) is 5.33. The van der Waals surface area contributed by atoms with Gasteiger partial charge < -0.3 is 9.64 Å². The van der Waals surface area contributed by atoms with E-state index in [0.29, 0.717) is 5.69 Å². The van der Waals surface area contributed by atoms with Crippen LogP contribution in [0.15, 0.2) is 18.2 Å². The van der Waals surface area contributed by atoms with Gasteiger partial charge in [0.05, 0.1) is 12.2 Å². The van der Waals surface area contributed by atoms with Gasteiger partial charge in [0.2, 0.25) is 5.95 Å². The van der Waals surface area contributed by atoms with Gasteiger partial charge in [0.1, 0.15) is 5.60 Å². The molecule has 0 unspecified atom stereocenters. The van der Waals surface area contributed by atoms with Crippen LogP contribution in [0.25, 0.3) is 0 Å². The Labute approximate surface area is 100 Å². The number of hydrogen-bond donors (Lipinski definition) is 0. The van der Waals surface area contributed by atoms with Crippen LogP contribution in [0.2, 0.25) is 0 Å². The highest BCUT2D eigenvalue weighted by Gasteiger charge is 2.19. The van der Waals surface area contributed by atoms with Crippen LogP contribution in [-0.2, 0) is 11.3 Å². The van der Waals surface area contributed by atoms with E-state index in [-0.39, 0.29) is 6.54 Å². The molecule has 0 aliphatic carbocycles. The minimum absolute atomic E-state index is 0.215. The van der Waals surface area contributed by atoms with Crippen molar-refractivity contribution in [1.82, 2.24) is 9.88 Å². The molecule has 1 heterocycles. The lowest BCUT2D eigenvalue weighted by Crippen LogP contribution is -2.34. The highest BCUT2D eigenvalue weighted by Crippen LogP contribution is 2.10. The van der Waals surface area contributed by atoms with Crippen LogP contribution in [-0.4, -0.2) is 28.6 Å². The molecule has 0 saturated heterocycles. The maximum Gasteiger partial charge on any atom is 0.410 e. The largest absolute Gasteiger partial charge is 0.444 e. The van der Waals surface area contributed by atoms with Gasteiger partial charge in [0, 0.05) is 7.05 Å². The molecule has 0 aliphatic heterocycles. The zero-order valence-electron chi connectivity index (χ0n) is 10.5. The molecular weight excluding hydrogens is 223 g/mol. The van der Waals surface area contributed by atoms with Crippen molar-refractivity contribution in [3.05, 3.63) is 29.8 Å². The Morgan fingerprint density at radius 1 is 1.47 bits per heavy atom. The minimum atomic E-state index is -0.555. The molecule has 0 bridgehead atoms. The lowest BCUT2D eigenvalue weighted by atomic mass is 10.2. The summed E-state index contributed by atoms with van der Waals surface area (Å²) in [7, 11) is 1.58. The summed E-state index contributed by atoms with van der Waals surface area (Å²) < 4.78 is 18.0. The first-order valence-electron chi connectivity index (χ1n) is 5.33. The van der Waals surface area contributed by atoms with Crippen molar-refractivity contribution in [2.45, 2.75) is 32.9 Å². The fraction of sp³-hybridized carbons (Fsp3) is 0.500. The molecule has 4 nitrogen and oxygen atoms in total. The number of carbonyl (C=O) groups is 1. The van der Waals surface area contributed by atoms with Gasteiger partial charge in [0.25, 0.3) is 0 Å². The number of amides is 1. The number of aromatic nitrogens is 1. The summed E-state index contributed by atoms with van der Waals surface area (Å²) in [4.78, 5) is 16.7. The standard InChI is InChI=1S/C12H17FN2O2/c1-12(2,3)17-11(16)15(4)8-9-6-5-7-10(13)14-9/h5-7H,8H2,1-4H3. The van der Waals surface area contributed by atoms with E-state index in [4.69, 9.17) is 4.74 Å². The smallest absolute Gasteiger partial charge is 0.410 e. The Balaban J connectivity index is 2.60. The number of nitrogens with zero attached hydrogens (tertiary/aromatic N) is 2. The van der Waals surface area contributed by atoms with E-state index in [0.717, 1.165) is 0 Å². The average molecular weight is 240 g/mol. The molecule has 1 amide bonds. The second-order valence-corrected chi connectivity index (χ2v) is 4.79. The molecule has 0 spiro atoms. The van der Waals surface area contributed by atoms with Crippen LogP contribution < -0.4 is 0 Å². The lowest BCUT2D eigenvalue weighted by molar-refractivity contribution is 0.0282. The number of carbonyl (C=O) groups excluding carboxylic acids is 1. The molecule has 0 saturated carbocycles. The number of halogens is 1. The Kier molecular flexibility index (Phi) is 4.04. The molecule has 1 rings (SSSR count). The maximum absolute atomic E-state index is 12.8. The normalized spacial score (nSPS) is 11.1. The predicted octanol–water partition coefficient (Wildman–Crippen LogP) is 2.59. The summed E-state index contributed by atoms with van der Waals surface area (Å²) >= 11 is 0. The molecule has 0 fully saturated rings. The first kappa shape index (κ1) is 13.4. The van der Waals surface area contributed by atoms with E-state index in [9.17, 15) is 9.18 Å². The van der Waals surface area contributed by atoms with Crippen molar-refractivity contribution in [1.29, 1.82) is 0 Å². The van der Waals surface area contributed by atoms with E-state index in [1.807, 2.05) is 0 Å². The van der Waals surface area contributed by atoms with Crippen LogP contribution in [0.1, 0.15) is 26.5 Å². The van der Waals surface area contributed by atoms with Gasteiger partial charge in [-0.2, -0.15) is 4.39 Å². The van der Waals surface area contributed by atoms with Crippen LogP contribution in [0.5, 0.6) is 0 Å². The maximum atomic E-state index is 12.8. The molecule has 17 heavy (non-hydrogen) atoms. The van der Waals surface area contributed by atoms with Crippen molar-refractivity contribution < 1.29 is 13.9 Å². The van der Waals surface area contributed by atoms with E-state index < -0.39 is 17.6 Å². The molecule has 0 aromatic carbocycles. The van der Waals surface area contributed by atoms with Crippen LogP contribution in [0.3, 0.4) is 0 Å². The summed E-state index contributed by atoms with van der Waals surface area (Å²) in [6, 6.07) is 4.47. The molecule has 0 N–H and O–H groups in total. The zero-order valence-corrected chi connectivity index (χ0v) is 10.5. The molecular formula is C12H17FN2O2. The molecule has 5 heteroatoms. The number of ether oxygens (including phenoxy) is 1. The number of rotatable bonds is 2. The number of pyridine rings is 1. The van der Waals surface area contributed by atoms with Gasteiger partial charge in [-0.15, -0.1) is 0 Å². The summed E-state index contributed by atoms with van der Waals surface area (Å²) in [6.07, 6.45) is -0.455. The molecule has 0 radical (unpaired) electrons. The second-order valence-electron chi connectivity index (χ2n) is 4.79. The average Bonchev–Trinajstić information content (AvgIpc) is 2.14. The summed E-state index contributed by atoms with van der Waals surface area (Å²) in [5, 5.41) is 0. The first-order chi connectivity index (χ1) is 7.78. The molecule has 94 valence electrons. The topological polar surface area (TPSA) is 42.4 Å². The zero-order chi connectivity index (χ0) is 13.1. The number of hydrogen-bond acceptors (Lipinski definition) is 3. The molecule has 0 aliphatic rings. The Hall–Kier alpha value is -1.65. The fourth-order valence-corrected chi connectivity index (χ4v) is 1.19. The Bertz CT molecular complexity index is 402. The van der Waals surface area contributed by atoms with Gasteiger partial charge in [-0.1, -0.05) is 6.07 Å². The van der Waals surface area contributed by atoms with Gasteiger partial charge >= 0.3 is 6.09 Å². The van der Waals surface area contributed by atoms with Gasteiger partial charge in [-0.25, -0.2) is 9.78 Å². The van der Waals surface area contributed by atoms with E-state index in [1.54, 1.807) is 40.0 Å². The minimum Gasteiger partial charge on any atom is -0.444 e. The molecule has 1 aromatic heterocycles. The predicted molar refractivity (Wildman–Crippen MR) is 61.9 cm³/mol. The van der Waals surface area contributed by atoms with Crippen LogP contribution in [0, 0.1) is 5.95 Å². The van der Waals surface area contributed by atoms with Crippen molar-refractivity contribution in [2.24, 2.45) is 0 Å². The third-order valence-electron chi connectivity index (χ3n) is 1.88. The van der Waals surface area contributed by atoms with Crippen LogP contribution in [0.4, 0.5) is 9.18 Å². The molecule has 1 aromatic rings. The van der Waals surface area contributed by atoms with Crippen molar-refractivity contribution in [3.8, 4) is 0 Å². The third-order valence-corrected chi connectivity index (χ3v) is 1.88. The Morgan fingerprint density at radius 2 is 2.12 bits per heavy atom. The quantitative estimate of drug-likeness (QED) is 0.746. The van der Waals surface area contributed by atoms with Crippen LogP contribution >= 0.6 is 0 Å². The summed E-state index contributed by atoms with van der Waals surface area (Å²) in [6.45, 7) is 5.59. The summed E-state index contributed by atoms with van der Waals surface area (Å²) in [5.74, 6) is -0.555. The van der Waals surface area contributed by atoms with E-state index >= 15 is 0 Å². The van der Waals surface area contributed by atoms with Gasteiger partial charge in [-0.3, -0.25) is 0 Å². The summed E-state index contributed by atoms with van der Waals surface area (Å²) in [5.41, 5.74) is -0.0564. The van der Waals surface area contributed by atoms with Crippen molar-refractivity contribution >= 4 is 6.09 Å². The fourth-order valence-electron chi connectivity index (χ4n) is 1.19. The van der Waals surface area contributed by atoms with Gasteiger partial charge in [-0.05, 0) is 32.9 Å². The van der Waals surface area contributed by atoms with Crippen molar-refractivity contribution in [3.63, 3.8) is 0 Å². The third kappa shape index (κ3) is 4.80. The highest BCUT2D eigenvalue weighted by atomic mass is 19.1. The lowest BCUT2D eigenvalue weighted by Gasteiger charge is -2.24. The monoisotopic (exact) mass is 240 g/mol. The van der Waals surface area contributed by atoms with E-state index in [1.165, 1.54) is 11.0 Å². The van der Waals surface area contributed by atoms with Gasteiger partial charge in [0.15, 0.2) is 0 Å². The van der Waals surface area contributed by atoms with Crippen molar-refractivity contribution in [2.75, 3.05) is 7.05 Å². The van der Waals surface area contributed by atoms with E-state index in [2.05, 4.69) is 4.98 Å². The highest BCUT2D eigenvalue weighted by molar-refractivity contribution is 5.67. The Morgan fingerprint density at radius 3 is 2.65 bits per heavy atom.